The minimum absolute atomic E-state index is 0.0146. The van der Waals surface area contributed by atoms with E-state index in [2.05, 4.69) is 25.9 Å². The number of para-hydroxylation sites is 1. The van der Waals surface area contributed by atoms with Crippen molar-refractivity contribution >= 4 is 40.3 Å². The summed E-state index contributed by atoms with van der Waals surface area (Å²) >= 11 is 1.20. The van der Waals surface area contributed by atoms with Crippen molar-refractivity contribution in [3.8, 4) is 11.3 Å². The summed E-state index contributed by atoms with van der Waals surface area (Å²) in [4.78, 5) is 15.5. The van der Waals surface area contributed by atoms with Crippen molar-refractivity contribution in [1.82, 2.24) is 0 Å². The maximum atomic E-state index is 13.6. The topological polar surface area (TPSA) is 58.2 Å². The van der Waals surface area contributed by atoms with Gasteiger partial charge in [0.25, 0.3) is 5.91 Å². The number of fused-ring (bicyclic) bond motifs is 2. The number of thioether (sulfide) groups is 1. The van der Waals surface area contributed by atoms with E-state index in [-0.39, 0.29) is 22.5 Å². The van der Waals surface area contributed by atoms with Gasteiger partial charge in [0.05, 0.1) is 16.2 Å². The van der Waals surface area contributed by atoms with Crippen molar-refractivity contribution in [2.24, 2.45) is 27.0 Å². The molecule has 2 bridgehead atoms. The molecule has 2 unspecified atom stereocenters. The Labute approximate surface area is 234 Å². The maximum absolute atomic E-state index is 13.6. The zero-order valence-corrected chi connectivity index (χ0v) is 23.1. The van der Waals surface area contributed by atoms with Gasteiger partial charge in [-0.05, 0) is 78.8 Å². The van der Waals surface area contributed by atoms with Crippen LogP contribution in [0.5, 0.6) is 0 Å². The van der Waals surface area contributed by atoms with E-state index < -0.39 is 11.7 Å². The molecule has 2 aromatic carbocycles. The summed E-state index contributed by atoms with van der Waals surface area (Å²) < 4.78 is 45.4. The number of alkyl halides is 3. The molecule has 0 N–H and O–H groups in total. The average Bonchev–Trinajstić information content (AvgIpc) is 3.62. The number of amides is 1. The van der Waals surface area contributed by atoms with Gasteiger partial charge in [0.15, 0.2) is 0 Å². The van der Waals surface area contributed by atoms with Gasteiger partial charge >= 0.3 is 6.18 Å². The Hall–Kier alpha value is -3.59. The number of rotatable bonds is 4. The summed E-state index contributed by atoms with van der Waals surface area (Å²) in [6.45, 7) is 6.88. The Balaban J connectivity index is 1.32. The van der Waals surface area contributed by atoms with Crippen molar-refractivity contribution in [3.05, 3.63) is 83.0 Å². The minimum atomic E-state index is -4.45. The minimum Gasteiger partial charge on any atom is -0.457 e. The molecule has 0 radical (unpaired) electrons. The first-order valence-corrected chi connectivity index (χ1v) is 14.0. The van der Waals surface area contributed by atoms with Crippen LogP contribution in [0.25, 0.3) is 17.4 Å². The Morgan fingerprint density at radius 2 is 1.80 bits per heavy atom. The molecule has 9 heteroatoms. The largest absolute Gasteiger partial charge is 0.457 e. The zero-order chi connectivity index (χ0) is 28.3. The van der Waals surface area contributed by atoms with Crippen LogP contribution in [0.1, 0.15) is 51.4 Å². The molecule has 2 atom stereocenters. The summed E-state index contributed by atoms with van der Waals surface area (Å²) in [5.74, 6) is 0.943. The smallest absolute Gasteiger partial charge is 0.416 e. The molecule has 5 nitrogen and oxygen atoms in total. The van der Waals surface area contributed by atoms with Gasteiger partial charge in [-0.25, -0.2) is 0 Å². The number of furan rings is 1. The number of nitrogens with zero attached hydrogens (tertiary/aromatic N) is 3. The SMILES string of the molecule is CC12CCC(C/C1=N\N=C1\S/C(=C\c3ccc(-c4cccc(C(F)(F)F)c4)o3)C(=O)N1c1ccccc1)C2(C)C. The van der Waals surface area contributed by atoms with E-state index in [1.54, 1.807) is 24.3 Å². The fourth-order valence-electron chi connectivity index (χ4n) is 6.09. The van der Waals surface area contributed by atoms with Gasteiger partial charge in [0.2, 0.25) is 5.17 Å². The zero-order valence-electron chi connectivity index (χ0n) is 22.3. The van der Waals surface area contributed by atoms with Gasteiger partial charge in [0, 0.05) is 22.8 Å². The van der Waals surface area contributed by atoms with E-state index in [9.17, 15) is 18.0 Å². The fourth-order valence-corrected chi connectivity index (χ4v) is 7.00. The predicted molar refractivity (Wildman–Crippen MR) is 153 cm³/mol. The quantitative estimate of drug-likeness (QED) is 0.236. The van der Waals surface area contributed by atoms with Crippen LogP contribution in [0.15, 0.2) is 86.3 Å². The lowest BCUT2D eigenvalue weighted by Gasteiger charge is -2.34. The molecule has 1 aliphatic heterocycles. The number of anilines is 1. The number of carbonyl (C=O) groups is 1. The third kappa shape index (κ3) is 4.40. The molecule has 1 saturated heterocycles. The predicted octanol–water partition coefficient (Wildman–Crippen LogP) is 8.64. The lowest BCUT2D eigenvalue weighted by atomic mass is 9.70. The van der Waals surface area contributed by atoms with Crippen LogP contribution < -0.4 is 4.90 Å². The lowest BCUT2D eigenvalue weighted by molar-refractivity contribution is -0.137. The van der Waals surface area contributed by atoms with Gasteiger partial charge in [-0.15, -0.1) is 5.10 Å². The molecule has 0 spiro atoms. The third-order valence-corrected chi connectivity index (χ3v) is 9.92. The van der Waals surface area contributed by atoms with Crippen LogP contribution in [0.3, 0.4) is 0 Å². The number of amidine groups is 1. The van der Waals surface area contributed by atoms with E-state index in [0.717, 1.165) is 30.7 Å². The molecule has 40 heavy (non-hydrogen) atoms. The van der Waals surface area contributed by atoms with E-state index in [0.29, 0.717) is 33.0 Å². The van der Waals surface area contributed by atoms with E-state index >= 15 is 0 Å². The normalized spacial score (nSPS) is 27.1. The van der Waals surface area contributed by atoms with Crippen LogP contribution >= 0.6 is 11.8 Å². The summed E-state index contributed by atoms with van der Waals surface area (Å²) in [5.41, 5.74) is 1.44. The standard InChI is InChI=1S/C31H28F3N3O2S/c1-29(2)20-14-15-30(29,3)26(17-20)35-36-28-37(22-10-5-4-6-11-22)27(38)25(40-28)18-23-12-13-24(39-23)19-8-7-9-21(16-19)31(32,33)34/h4-13,16,18,20H,14-15,17H2,1-3H3/b25-18-,35-26+,36-28+. The average molecular weight is 564 g/mol. The van der Waals surface area contributed by atoms with Crippen molar-refractivity contribution in [2.45, 2.75) is 46.2 Å². The fraction of sp³-hybridized carbons (Fsp3) is 0.323. The summed E-state index contributed by atoms with van der Waals surface area (Å²) in [6.07, 6.45) is 0.336. The second-order valence-corrected chi connectivity index (χ2v) is 12.3. The van der Waals surface area contributed by atoms with Gasteiger partial charge in [-0.3, -0.25) is 9.69 Å². The molecule has 6 rings (SSSR count). The molecule has 2 heterocycles. The molecule has 3 fully saturated rings. The molecule has 2 saturated carbocycles. The van der Waals surface area contributed by atoms with Crippen LogP contribution in [0.2, 0.25) is 0 Å². The maximum Gasteiger partial charge on any atom is 0.416 e. The van der Waals surface area contributed by atoms with E-state index in [4.69, 9.17) is 9.52 Å². The lowest BCUT2D eigenvalue weighted by Crippen LogP contribution is -2.32. The van der Waals surface area contributed by atoms with E-state index in [1.807, 2.05) is 30.3 Å². The summed E-state index contributed by atoms with van der Waals surface area (Å²) in [6, 6.07) is 17.5. The first-order chi connectivity index (χ1) is 19.0. The number of hydrogen-bond acceptors (Lipinski definition) is 5. The monoisotopic (exact) mass is 563 g/mol. The van der Waals surface area contributed by atoms with Crippen LogP contribution in [-0.2, 0) is 11.0 Å². The summed E-state index contributed by atoms with van der Waals surface area (Å²) in [5, 5.41) is 9.79. The van der Waals surface area contributed by atoms with E-state index in [1.165, 1.54) is 29.1 Å². The molecule has 1 amide bonds. The molecular formula is C31H28F3N3O2S. The summed E-state index contributed by atoms with van der Waals surface area (Å²) in [7, 11) is 0. The second-order valence-electron chi connectivity index (χ2n) is 11.3. The Bertz CT molecular complexity index is 1570. The number of halogens is 3. The van der Waals surface area contributed by atoms with Gasteiger partial charge in [-0.1, -0.05) is 51.1 Å². The van der Waals surface area contributed by atoms with Crippen molar-refractivity contribution < 1.29 is 22.4 Å². The molecular weight excluding hydrogens is 535 g/mol. The van der Waals surface area contributed by atoms with Crippen LogP contribution in [0, 0.1) is 16.7 Å². The Morgan fingerprint density at radius 1 is 1.02 bits per heavy atom. The number of carbonyl (C=O) groups excluding carboxylic acids is 1. The molecule has 3 aliphatic rings. The third-order valence-electron chi connectivity index (χ3n) is 8.96. The molecule has 206 valence electrons. The van der Waals surface area contributed by atoms with Crippen molar-refractivity contribution in [3.63, 3.8) is 0 Å². The molecule has 1 aromatic heterocycles. The Kier molecular flexibility index (Phi) is 6.33. The highest BCUT2D eigenvalue weighted by Gasteiger charge is 2.60. The first kappa shape index (κ1) is 26.6. The second kappa shape index (κ2) is 9.51. The van der Waals surface area contributed by atoms with Gasteiger partial charge in [-0.2, -0.15) is 18.3 Å². The van der Waals surface area contributed by atoms with Crippen LogP contribution in [-0.4, -0.2) is 16.8 Å². The number of benzene rings is 2. The highest BCUT2D eigenvalue weighted by molar-refractivity contribution is 8.19. The van der Waals surface area contributed by atoms with Crippen molar-refractivity contribution in [1.29, 1.82) is 0 Å². The molecule has 3 aromatic rings. The number of hydrogen-bond donors (Lipinski definition) is 0. The highest BCUT2D eigenvalue weighted by atomic mass is 32.2. The van der Waals surface area contributed by atoms with Gasteiger partial charge in [0.1, 0.15) is 11.5 Å². The highest BCUT2D eigenvalue weighted by Crippen LogP contribution is 2.64. The first-order valence-electron chi connectivity index (χ1n) is 13.2. The van der Waals surface area contributed by atoms with Crippen LogP contribution in [0.4, 0.5) is 18.9 Å². The van der Waals surface area contributed by atoms with Crippen molar-refractivity contribution in [2.75, 3.05) is 4.90 Å². The molecule has 2 aliphatic carbocycles. The van der Waals surface area contributed by atoms with Gasteiger partial charge < -0.3 is 4.42 Å². The Morgan fingerprint density at radius 3 is 2.48 bits per heavy atom.